The number of benzene rings is 1. The molecule has 0 amide bonds. The van der Waals surface area contributed by atoms with E-state index in [9.17, 15) is 21.6 Å². The highest BCUT2D eigenvalue weighted by molar-refractivity contribution is 7.89. The minimum atomic E-state index is -5.08. The van der Waals surface area contributed by atoms with Crippen molar-refractivity contribution in [1.29, 1.82) is 0 Å². The Morgan fingerprint density at radius 2 is 1.75 bits per heavy atom. The second kappa shape index (κ2) is 10.1. The lowest BCUT2D eigenvalue weighted by atomic mass is 9.78. The maximum atomic E-state index is 12.3. The highest BCUT2D eigenvalue weighted by Crippen LogP contribution is 2.44. The number of nitrogens with one attached hydrogen (secondary N) is 1. The molecule has 1 aromatic rings. The van der Waals surface area contributed by atoms with Crippen molar-refractivity contribution >= 4 is 16.0 Å². The molecule has 180 valence electrons. The summed E-state index contributed by atoms with van der Waals surface area (Å²) < 4.78 is 65.3. The SMILES string of the molecule is O=C(O)C(F)(F)F.O=S(=O)(NCCC1CCOC12CN(C1CCCC1)C2)c1ccccc1. The lowest BCUT2D eigenvalue weighted by Crippen LogP contribution is -2.66. The van der Waals surface area contributed by atoms with Crippen LogP contribution in [0.15, 0.2) is 35.2 Å². The van der Waals surface area contributed by atoms with Crippen molar-refractivity contribution in [2.24, 2.45) is 5.92 Å². The number of sulfonamides is 1. The Balaban J connectivity index is 0.000000360. The highest BCUT2D eigenvalue weighted by atomic mass is 32.2. The maximum absolute atomic E-state index is 12.3. The van der Waals surface area contributed by atoms with Gasteiger partial charge < -0.3 is 9.84 Å². The molecular weight excluding hydrogens is 449 g/mol. The lowest BCUT2D eigenvalue weighted by molar-refractivity contribution is -0.192. The van der Waals surface area contributed by atoms with E-state index in [4.69, 9.17) is 14.6 Å². The van der Waals surface area contributed by atoms with Gasteiger partial charge in [0.1, 0.15) is 0 Å². The first-order valence-electron chi connectivity index (χ1n) is 10.8. The quantitative estimate of drug-likeness (QED) is 0.653. The van der Waals surface area contributed by atoms with Gasteiger partial charge in [-0.25, -0.2) is 17.9 Å². The van der Waals surface area contributed by atoms with Gasteiger partial charge >= 0.3 is 12.1 Å². The van der Waals surface area contributed by atoms with E-state index >= 15 is 0 Å². The molecule has 32 heavy (non-hydrogen) atoms. The number of alkyl halides is 3. The second-order valence-electron chi connectivity index (χ2n) is 8.54. The molecule has 3 fully saturated rings. The first-order chi connectivity index (χ1) is 15.0. The molecule has 1 spiro atoms. The molecule has 1 aliphatic carbocycles. The van der Waals surface area contributed by atoms with Crippen molar-refractivity contribution in [3.63, 3.8) is 0 Å². The summed E-state index contributed by atoms with van der Waals surface area (Å²) in [6.07, 6.45) is 2.20. The van der Waals surface area contributed by atoms with Crippen LogP contribution in [0.25, 0.3) is 0 Å². The Kier molecular flexibility index (Phi) is 7.85. The van der Waals surface area contributed by atoms with Crippen molar-refractivity contribution in [3.05, 3.63) is 30.3 Å². The van der Waals surface area contributed by atoms with Gasteiger partial charge in [0.05, 0.1) is 10.5 Å². The van der Waals surface area contributed by atoms with E-state index in [0.717, 1.165) is 38.6 Å². The summed E-state index contributed by atoms with van der Waals surface area (Å²) in [5.74, 6) is -2.30. The van der Waals surface area contributed by atoms with Crippen molar-refractivity contribution in [3.8, 4) is 0 Å². The van der Waals surface area contributed by atoms with Gasteiger partial charge in [-0.2, -0.15) is 13.2 Å². The van der Waals surface area contributed by atoms with Crippen LogP contribution in [0.3, 0.4) is 0 Å². The summed E-state index contributed by atoms with van der Waals surface area (Å²) in [6.45, 7) is 3.37. The van der Waals surface area contributed by atoms with Gasteiger partial charge in [-0.1, -0.05) is 31.0 Å². The molecule has 1 aromatic carbocycles. The van der Waals surface area contributed by atoms with Gasteiger partial charge in [-0.05, 0) is 43.7 Å². The van der Waals surface area contributed by atoms with Crippen LogP contribution < -0.4 is 4.72 Å². The third kappa shape index (κ3) is 6.00. The topological polar surface area (TPSA) is 95.9 Å². The predicted molar refractivity (Wildman–Crippen MR) is 111 cm³/mol. The van der Waals surface area contributed by atoms with E-state index in [1.54, 1.807) is 24.3 Å². The molecule has 1 unspecified atom stereocenters. The third-order valence-electron chi connectivity index (χ3n) is 6.46. The van der Waals surface area contributed by atoms with Crippen LogP contribution in [0.2, 0.25) is 0 Å². The highest BCUT2D eigenvalue weighted by Gasteiger charge is 2.54. The predicted octanol–water partition coefficient (Wildman–Crippen LogP) is 3.02. The number of hydrogen-bond acceptors (Lipinski definition) is 5. The molecule has 1 saturated carbocycles. The van der Waals surface area contributed by atoms with Crippen LogP contribution in [0.5, 0.6) is 0 Å². The van der Waals surface area contributed by atoms with E-state index in [1.165, 1.54) is 25.7 Å². The Hall–Kier alpha value is -1.69. The summed E-state index contributed by atoms with van der Waals surface area (Å²) in [7, 11) is -3.40. The molecular formula is C21H29F3N2O5S. The van der Waals surface area contributed by atoms with Gasteiger partial charge in [-0.3, -0.25) is 4.90 Å². The molecule has 11 heteroatoms. The summed E-state index contributed by atoms with van der Waals surface area (Å²) in [4.78, 5) is 11.8. The van der Waals surface area contributed by atoms with Gasteiger partial charge in [0.2, 0.25) is 10.0 Å². The summed E-state index contributed by atoms with van der Waals surface area (Å²) in [5, 5.41) is 7.12. The fraction of sp³-hybridized carbons (Fsp3) is 0.667. The number of rotatable bonds is 6. The Morgan fingerprint density at radius 1 is 1.16 bits per heavy atom. The van der Waals surface area contributed by atoms with Crippen LogP contribution in [-0.4, -0.2) is 68.5 Å². The zero-order valence-corrected chi connectivity index (χ0v) is 18.5. The first-order valence-corrected chi connectivity index (χ1v) is 12.2. The van der Waals surface area contributed by atoms with Crippen molar-refractivity contribution in [1.82, 2.24) is 9.62 Å². The number of ether oxygens (including phenoxy) is 1. The Bertz CT molecular complexity index is 867. The largest absolute Gasteiger partial charge is 0.490 e. The minimum absolute atomic E-state index is 0.0131. The summed E-state index contributed by atoms with van der Waals surface area (Å²) >= 11 is 0. The molecule has 4 rings (SSSR count). The smallest absolute Gasteiger partial charge is 0.475 e. The van der Waals surface area contributed by atoms with E-state index < -0.39 is 22.2 Å². The number of carboxylic acid groups (broad SMARTS) is 1. The van der Waals surface area contributed by atoms with E-state index in [2.05, 4.69) is 9.62 Å². The molecule has 0 radical (unpaired) electrons. The van der Waals surface area contributed by atoms with E-state index in [-0.39, 0.29) is 5.60 Å². The van der Waals surface area contributed by atoms with Gasteiger partial charge in [-0.15, -0.1) is 0 Å². The Morgan fingerprint density at radius 3 is 2.31 bits per heavy atom. The van der Waals surface area contributed by atoms with E-state index in [0.29, 0.717) is 17.4 Å². The molecule has 3 aliphatic rings. The van der Waals surface area contributed by atoms with Crippen LogP contribution >= 0.6 is 0 Å². The molecule has 0 aromatic heterocycles. The van der Waals surface area contributed by atoms with Crippen molar-refractivity contribution in [2.45, 2.75) is 61.2 Å². The number of carbonyl (C=O) groups is 1. The first kappa shape index (κ1) is 24.9. The molecule has 2 aliphatic heterocycles. The van der Waals surface area contributed by atoms with Crippen molar-refractivity contribution in [2.75, 3.05) is 26.2 Å². The lowest BCUT2D eigenvalue weighted by Gasteiger charge is -2.53. The van der Waals surface area contributed by atoms with Crippen molar-refractivity contribution < 1.29 is 36.2 Å². The minimum Gasteiger partial charge on any atom is -0.475 e. The number of hydrogen-bond donors (Lipinski definition) is 2. The average molecular weight is 479 g/mol. The monoisotopic (exact) mass is 478 g/mol. The molecule has 1 atom stereocenters. The summed E-state index contributed by atoms with van der Waals surface area (Å²) in [6, 6.07) is 9.35. The molecule has 2 saturated heterocycles. The van der Waals surface area contributed by atoms with E-state index in [1.807, 2.05) is 6.07 Å². The maximum Gasteiger partial charge on any atom is 0.490 e. The fourth-order valence-corrected chi connectivity index (χ4v) is 5.83. The zero-order chi connectivity index (χ0) is 23.4. The van der Waals surface area contributed by atoms with Crippen LogP contribution in [0, 0.1) is 5.92 Å². The van der Waals surface area contributed by atoms with Gasteiger partial charge in [0.25, 0.3) is 0 Å². The standard InChI is InChI=1S/C19H28N2O3S.C2HF3O2/c22-25(23,18-8-2-1-3-9-18)20-12-10-16-11-13-24-19(16)14-21(15-19)17-6-4-5-7-17;3-2(4,5)1(6)7/h1-3,8-9,16-17,20H,4-7,10-15H2;(H,6,7). The third-order valence-corrected chi connectivity index (χ3v) is 7.94. The van der Waals surface area contributed by atoms with Crippen LogP contribution in [0.4, 0.5) is 13.2 Å². The normalized spacial score (nSPS) is 23.5. The zero-order valence-electron chi connectivity index (χ0n) is 17.7. The Labute approximate surface area is 186 Å². The molecule has 0 bridgehead atoms. The van der Waals surface area contributed by atoms with Crippen LogP contribution in [0.1, 0.15) is 38.5 Å². The fourth-order valence-electron chi connectivity index (χ4n) is 4.76. The number of carboxylic acids is 1. The average Bonchev–Trinajstić information content (AvgIpc) is 3.37. The van der Waals surface area contributed by atoms with Crippen LogP contribution in [-0.2, 0) is 19.6 Å². The second-order valence-corrected chi connectivity index (χ2v) is 10.3. The number of aliphatic carboxylic acids is 1. The number of halogens is 3. The van der Waals surface area contributed by atoms with Gasteiger partial charge in [0, 0.05) is 32.3 Å². The number of likely N-dealkylation sites (tertiary alicyclic amines) is 1. The molecule has 2 N–H and O–H groups in total. The van der Waals surface area contributed by atoms with Gasteiger partial charge in [0.15, 0.2) is 0 Å². The number of nitrogens with zero attached hydrogens (tertiary/aromatic N) is 1. The molecule has 2 heterocycles. The summed E-state index contributed by atoms with van der Waals surface area (Å²) in [5.41, 5.74) is -0.0131. The molecule has 7 nitrogen and oxygen atoms in total.